The number of ketones is 1. The van der Waals surface area contributed by atoms with Gasteiger partial charge in [0.25, 0.3) is 0 Å². The summed E-state index contributed by atoms with van der Waals surface area (Å²) in [5.41, 5.74) is 2.42. The largest absolute Gasteiger partial charge is 0.326 e. The molecule has 0 saturated carbocycles. The molecule has 2 aromatic rings. The van der Waals surface area contributed by atoms with Gasteiger partial charge in [0.15, 0.2) is 5.78 Å². The van der Waals surface area contributed by atoms with Gasteiger partial charge in [0.05, 0.1) is 15.8 Å². The lowest BCUT2D eigenvalue weighted by atomic mass is 9.99. The summed E-state index contributed by atoms with van der Waals surface area (Å²) in [5, 5.41) is 3.90. The summed E-state index contributed by atoms with van der Waals surface area (Å²) < 4.78 is 0. The molecule has 6 heteroatoms. The molecule has 118 valence electrons. The van der Waals surface area contributed by atoms with E-state index >= 15 is 0 Å². The highest BCUT2D eigenvalue weighted by atomic mass is 35.5. The van der Waals surface area contributed by atoms with E-state index in [0.717, 1.165) is 16.1 Å². The van der Waals surface area contributed by atoms with Gasteiger partial charge in [-0.15, -0.1) is 11.8 Å². The Morgan fingerprint density at radius 3 is 2.61 bits per heavy atom. The van der Waals surface area contributed by atoms with Crippen LogP contribution in [0.3, 0.4) is 0 Å². The van der Waals surface area contributed by atoms with Gasteiger partial charge in [-0.05, 0) is 42.3 Å². The van der Waals surface area contributed by atoms with E-state index in [-0.39, 0.29) is 17.4 Å². The third-order valence-electron chi connectivity index (χ3n) is 3.59. The number of hydrogen-bond donors (Lipinski definition) is 1. The standard InChI is InChI=1S/C17H13Cl2NO2S/c18-12-2-1-3-13(19)17(12)23-9-15(21)11-4-6-14-10(8-11)5-7-16(22)20-14/h1-4,6,8H,5,7,9H2,(H,20,22). The van der Waals surface area contributed by atoms with Crippen molar-refractivity contribution in [3.8, 4) is 0 Å². The van der Waals surface area contributed by atoms with Crippen molar-refractivity contribution in [3.63, 3.8) is 0 Å². The SMILES string of the molecule is O=C1CCc2cc(C(=O)CSc3c(Cl)cccc3Cl)ccc2N1. The molecule has 1 amide bonds. The van der Waals surface area contributed by atoms with E-state index in [1.165, 1.54) is 11.8 Å². The topological polar surface area (TPSA) is 46.2 Å². The van der Waals surface area contributed by atoms with Crippen LogP contribution in [0.5, 0.6) is 0 Å². The molecule has 0 spiro atoms. The Labute approximate surface area is 148 Å². The zero-order valence-corrected chi connectivity index (χ0v) is 14.4. The van der Waals surface area contributed by atoms with Crippen LogP contribution in [0.1, 0.15) is 22.3 Å². The molecule has 3 rings (SSSR count). The van der Waals surface area contributed by atoms with Crippen molar-refractivity contribution >= 4 is 52.3 Å². The smallest absolute Gasteiger partial charge is 0.224 e. The molecule has 2 aromatic carbocycles. The van der Waals surface area contributed by atoms with Gasteiger partial charge in [-0.3, -0.25) is 9.59 Å². The number of anilines is 1. The third kappa shape index (κ3) is 3.71. The van der Waals surface area contributed by atoms with Crippen molar-refractivity contribution in [1.29, 1.82) is 0 Å². The summed E-state index contributed by atoms with van der Waals surface area (Å²) >= 11 is 13.6. The van der Waals surface area contributed by atoms with Crippen LogP contribution in [0.25, 0.3) is 0 Å². The maximum atomic E-state index is 12.4. The number of amides is 1. The number of thioether (sulfide) groups is 1. The van der Waals surface area contributed by atoms with Crippen LogP contribution in [0.4, 0.5) is 5.69 Å². The van der Waals surface area contributed by atoms with Crippen LogP contribution >= 0.6 is 35.0 Å². The van der Waals surface area contributed by atoms with Crippen LogP contribution < -0.4 is 5.32 Å². The highest BCUT2D eigenvalue weighted by Crippen LogP contribution is 2.34. The number of aryl methyl sites for hydroxylation is 1. The quantitative estimate of drug-likeness (QED) is 0.621. The Bertz CT molecular complexity index is 772. The summed E-state index contributed by atoms with van der Waals surface area (Å²) in [6.07, 6.45) is 1.11. The average Bonchev–Trinajstić information content (AvgIpc) is 2.53. The monoisotopic (exact) mass is 365 g/mol. The molecule has 1 N–H and O–H groups in total. The number of fused-ring (bicyclic) bond motifs is 1. The van der Waals surface area contributed by atoms with Crippen molar-refractivity contribution < 1.29 is 9.59 Å². The maximum Gasteiger partial charge on any atom is 0.224 e. The van der Waals surface area contributed by atoms with Gasteiger partial charge in [-0.2, -0.15) is 0 Å². The number of rotatable bonds is 4. The second kappa shape index (κ2) is 6.95. The van der Waals surface area contributed by atoms with Crippen molar-refractivity contribution in [1.82, 2.24) is 0 Å². The van der Waals surface area contributed by atoms with Gasteiger partial charge in [0, 0.05) is 22.6 Å². The number of Topliss-reactive ketones (excluding diaryl/α,β-unsaturated/α-hetero) is 1. The van der Waals surface area contributed by atoms with Crippen LogP contribution in [0.2, 0.25) is 10.0 Å². The molecular weight excluding hydrogens is 353 g/mol. The Balaban J connectivity index is 1.73. The summed E-state index contributed by atoms with van der Waals surface area (Å²) in [4.78, 5) is 24.5. The molecule has 0 unspecified atom stereocenters. The maximum absolute atomic E-state index is 12.4. The fraction of sp³-hybridized carbons (Fsp3) is 0.176. The van der Waals surface area contributed by atoms with Crippen molar-refractivity contribution in [3.05, 3.63) is 57.6 Å². The van der Waals surface area contributed by atoms with Crippen molar-refractivity contribution in [2.24, 2.45) is 0 Å². The summed E-state index contributed by atoms with van der Waals surface area (Å²) in [6.45, 7) is 0. The number of carbonyl (C=O) groups excluding carboxylic acids is 2. The molecule has 0 bridgehead atoms. The van der Waals surface area contributed by atoms with E-state index in [1.54, 1.807) is 30.3 Å². The first-order valence-corrected chi connectivity index (χ1v) is 8.81. The van der Waals surface area contributed by atoms with E-state index in [9.17, 15) is 9.59 Å². The predicted molar refractivity (Wildman–Crippen MR) is 94.9 cm³/mol. The Kier molecular flexibility index (Phi) is 4.95. The Morgan fingerprint density at radius 1 is 1.13 bits per heavy atom. The molecule has 0 fully saturated rings. The molecular formula is C17H13Cl2NO2S. The van der Waals surface area contributed by atoms with E-state index in [0.29, 0.717) is 28.5 Å². The fourth-order valence-corrected chi connectivity index (χ4v) is 3.98. The normalized spacial score (nSPS) is 13.4. The minimum absolute atomic E-state index is 0.00527. The molecule has 0 radical (unpaired) electrons. The van der Waals surface area contributed by atoms with Crippen LogP contribution in [-0.4, -0.2) is 17.4 Å². The van der Waals surface area contributed by atoms with E-state index in [2.05, 4.69) is 5.32 Å². The van der Waals surface area contributed by atoms with Gasteiger partial charge in [0.2, 0.25) is 5.91 Å². The van der Waals surface area contributed by atoms with E-state index < -0.39 is 0 Å². The van der Waals surface area contributed by atoms with Crippen LogP contribution in [-0.2, 0) is 11.2 Å². The minimum atomic E-state index is 0.00527. The molecule has 3 nitrogen and oxygen atoms in total. The van der Waals surface area contributed by atoms with Crippen molar-refractivity contribution in [2.45, 2.75) is 17.7 Å². The Morgan fingerprint density at radius 2 is 1.87 bits per heavy atom. The number of benzene rings is 2. The zero-order valence-electron chi connectivity index (χ0n) is 12.1. The van der Waals surface area contributed by atoms with Gasteiger partial charge in [0.1, 0.15) is 0 Å². The second-order valence-electron chi connectivity index (χ2n) is 5.18. The average molecular weight is 366 g/mol. The number of hydrogen-bond acceptors (Lipinski definition) is 3. The highest BCUT2D eigenvalue weighted by Gasteiger charge is 2.17. The van der Waals surface area contributed by atoms with Gasteiger partial charge in [-0.25, -0.2) is 0 Å². The van der Waals surface area contributed by atoms with Gasteiger partial charge < -0.3 is 5.32 Å². The lowest BCUT2D eigenvalue weighted by Crippen LogP contribution is -2.19. The summed E-state index contributed by atoms with van der Waals surface area (Å²) in [5.74, 6) is 0.278. The van der Waals surface area contributed by atoms with Crippen molar-refractivity contribution in [2.75, 3.05) is 11.1 Å². The van der Waals surface area contributed by atoms with Gasteiger partial charge >= 0.3 is 0 Å². The molecule has 1 aliphatic rings. The minimum Gasteiger partial charge on any atom is -0.326 e. The summed E-state index contributed by atoms with van der Waals surface area (Å²) in [6, 6.07) is 10.7. The molecule has 0 saturated heterocycles. The zero-order chi connectivity index (χ0) is 16.4. The lowest BCUT2D eigenvalue weighted by molar-refractivity contribution is -0.116. The lowest BCUT2D eigenvalue weighted by Gasteiger charge is -2.17. The Hall–Kier alpha value is -1.49. The van der Waals surface area contributed by atoms with Gasteiger partial charge in [-0.1, -0.05) is 29.3 Å². The predicted octanol–water partition coefficient (Wildman–Crippen LogP) is 4.85. The molecule has 1 aliphatic heterocycles. The second-order valence-corrected chi connectivity index (χ2v) is 6.98. The highest BCUT2D eigenvalue weighted by molar-refractivity contribution is 8.00. The molecule has 23 heavy (non-hydrogen) atoms. The fourth-order valence-electron chi connectivity index (χ4n) is 2.40. The summed E-state index contributed by atoms with van der Waals surface area (Å²) in [7, 11) is 0. The van der Waals surface area contributed by atoms with E-state index in [4.69, 9.17) is 23.2 Å². The number of carbonyl (C=O) groups is 2. The number of halogens is 2. The first-order valence-electron chi connectivity index (χ1n) is 7.07. The third-order valence-corrected chi connectivity index (χ3v) is 5.58. The molecule has 0 aromatic heterocycles. The molecule has 0 aliphatic carbocycles. The van der Waals surface area contributed by atoms with Crippen LogP contribution in [0.15, 0.2) is 41.3 Å². The number of nitrogens with one attached hydrogen (secondary N) is 1. The molecule has 1 heterocycles. The first kappa shape index (κ1) is 16.4. The van der Waals surface area contributed by atoms with E-state index in [1.807, 2.05) is 6.07 Å². The first-order chi connectivity index (χ1) is 11.0. The molecule has 0 atom stereocenters. The van der Waals surface area contributed by atoms with Crippen LogP contribution in [0, 0.1) is 0 Å².